The second kappa shape index (κ2) is 8.69. The number of hydrogen-bond donors (Lipinski definition) is 0. The minimum absolute atomic E-state index is 0.0139. The summed E-state index contributed by atoms with van der Waals surface area (Å²) in [6.45, 7) is 1.97. The Bertz CT molecular complexity index is 937. The Balaban J connectivity index is 1.61. The molecule has 5 nitrogen and oxygen atoms in total. The lowest BCUT2D eigenvalue weighted by Crippen LogP contribution is -2.30. The van der Waals surface area contributed by atoms with Gasteiger partial charge >= 0.3 is 0 Å². The Morgan fingerprint density at radius 2 is 1.93 bits per heavy atom. The summed E-state index contributed by atoms with van der Waals surface area (Å²) in [6.07, 6.45) is 2.26. The molecule has 1 heterocycles. The molecule has 0 spiro atoms. The highest BCUT2D eigenvalue weighted by molar-refractivity contribution is 5.76. The van der Waals surface area contributed by atoms with Gasteiger partial charge in [-0.05, 0) is 37.3 Å². The van der Waals surface area contributed by atoms with E-state index in [1.165, 1.54) is 12.1 Å². The molecule has 0 unspecified atom stereocenters. The number of hydrogen-bond acceptors (Lipinski definition) is 4. The van der Waals surface area contributed by atoms with Crippen molar-refractivity contribution < 1.29 is 18.3 Å². The molecule has 6 heteroatoms. The lowest BCUT2D eigenvalue weighted by Gasteiger charge is -2.26. The summed E-state index contributed by atoms with van der Waals surface area (Å²) >= 11 is 0. The largest absolute Gasteiger partial charge is 0.496 e. The first-order valence-corrected chi connectivity index (χ1v) is 9.09. The van der Waals surface area contributed by atoms with Crippen LogP contribution in [-0.4, -0.2) is 29.9 Å². The van der Waals surface area contributed by atoms with Crippen LogP contribution < -0.4 is 4.74 Å². The van der Waals surface area contributed by atoms with Gasteiger partial charge < -0.3 is 14.1 Å². The zero-order chi connectivity index (χ0) is 20.1. The molecule has 28 heavy (non-hydrogen) atoms. The van der Waals surface area contributed by atoms with E-state index >= 15 is 0 Å². The summed E-state index contributed by atoms with van der Waals surface area (Å²) in [5, 5.41) is 0. The van der Waals surface area contributed by atoms with Gasteiger partial charge in [0.1, 0.15) is 11.6 Å². The van der Waals surface area contributed by atoms with Gasteiger partial charge in [-0.1, -0.05) is 18.2 Å². The molecular formula is C22H23FN2O3. The summed E-state index contributed by atoms with van der Waals surface area (Å²) in [5.41, 5.74) is 1.70. The molecule has 0 aliphatic rings. The molecule has 2 aromatic carbocycles. The third kappa shape index (κ3) is 4.39. The van der Waals surface area contributed by atoms with Crippen molar-refractivity contribution in [1.29, 1.82) is 0 Å². The van der Waals surface area contributed by atoms with Crippen molar-refractivity contribution in [3.05, 3.63) is 72.0 Å². The van der Waals surface area contributed by atoms with E-state index in [1.54, 1.807) is 37.4 Å². The Morgan fingerprint density at radius 3 is 2.64 bits per heavy atom. The lowest BCUT2D eigenvalue weighted by atomic mass is 10.1. The second-order valence-electron chi connectivity index (χ2n) is 6.55. The Kier molecular flexibility index (Phi) is 6.09. The van der Waals surface area contributed by atoms with Crippen molar-refractivity contribution >= 4 is 5.91 Å². The molecule has 0 aliphatic carbocycles. The zero-order valence-electron chi connectivity index (χ0n) is 16.2. The van der Waals surface area contributed by atoms with Crippen molar-refractivity contribution in [2.75, 3.05) is 14.2 Å². The summed E-state index contributed by atoms with van der Waals surface area (Å²) < 4.78 is 24.1. The number of oxazole rings is 1. The number of para-hydroxylation sites is 1. The maximum atomic E-state index is 13.0. The first kappa shape index (κ1) is 19.6. The van der Waals surface area contributed by atoms with E-state index in [0.29, 0.717) is 18.1 Å². The number of nitrogens with zero attached hydrogens (tertiary/aromatic N) is 2. The highest BCUT2D eigenvalue weighted by atomic mass is 19.1. The summed E-state index contributed by atoms with van der Waals surface area (Å²) in [5.74, 6) is 1.47. The van der Waals surface area contributed by atoms with Gasteiger partial charge in [0.15, 0.2) is 11.7 Å². The monoisotopic (exact) mass is 382 g/mol. The van der Waals surface area contributed by atoms with Crippen LogP contribution in [0.25, 0.3) is 11.3 Å². The molecule has 146 valence electrons. The fourth-order valence-electron chi connectivity index (χ4n) is 3.00. The molecular weight excluding hydrogens is 359 g/mol. The number of carbonyl (C=O) groups is 1. The van der Waals surface area contributed by atoms with Crippen LogP contribution in [0.4, 0.5) is 4.39 Å². The average Bonchev–Trinajstić information content (AvgIpc) is 3.20. The lowest BCUT2D eigenvalue weighted by molar-refractivity contribution is -0.131. The van der Waals surface area contributed by atoms with Crippen LogP contribution in [0, 0.1) is 5.82 Å². The molecule has 0 saturated carbocycles. The minimum atomic E-state index is -0.304. The third-order valence-corrected chi connectivity index (χ3v) is 4.80. The molecule has 0 bridgehead atoms. The van der Waals surface area contributed by atoms with E-state index in [1.807, 2.05) is 31.2 Å². The molecule has 1 atom stereocenters. The standard InChI is InChI=1S/C22H23FN2O3/c1-15(18-6-4-5-7-19(18)27-3)25(2)22(26)13-12-21-24-14-20(28-21)16-8-10-17(23)11-9-16/h4-11,14-15H,12-13H2,1-3H3/t15-/m0/s1. The van der Waals surface area contributed by atoms with Gasteiger partial charge in [-0.25, -0.2) is 9.37 Å². The van der Waals surface area contributed by atoms with Crippen molar-refractivity contribution in [3.63, 3.8) is 0 Å². The predicted molar refractivity (Wildman–Crippen MR) is 104 cm³/mol. The normalized spacial score (nSPS) is 11.9. The van der Waals surface area contributed by atoms with Gasteiger partial charge in [0, 0.05) is 31.0 Å². The fourth-order valence-corrected chi connectivity index (χ4v) is 3.00. The van der Waals surface area contributed by atoms with Crippen LogP contribution in [0.3, 0.4) is 0 Å². The number of amides is 1. The number of aromatic nitrogens is 1. The number of methoxy groups -OCH3 is 1. The molecule has 3 aromatic rings. The topological polar surface area (TPSA) is 55.6 Å². The Morgan fingerprint density at radius 1 is 1.21 bits per heavy atom. The van der Waals surface area contributed by atoms with E-state index in [0.717, 1.165) is 16.9 Å². The van der Waals surface area contributed by atoms with E-state index in [-0.39, 0.29) is 24.2 Å². The molecule has 1 aromatic heterocycles. The van der Waals surface area contributed by atoms with E-state index < -0.39 is 0 Å². The highest BCUT2D eigenvalue weighted by Gasteiger charge is 2.20. The van der Waals surface area contributed by atoms with Crippen molar-refractivity contribution in [1.82, 2.24) is 9.88 Å². The number of ether oxygens (including phenoxy) is 1. The van der Waals surface area contributed by atoms with Crippen LogP contribution in [0.1, 0.15) is 30.8 Å². The van der Waals surface area contributed by atoms with Crippen LogP contribution in [-0.2, 0) is 11.2 Å². The zero-order valence-corrected chi connectivity index (χ0v) is 16.2. The Labute approximate surface area is 163 Å². The molecule has 0 aliphatic heterocycles. The van der Waals surface area contributed by atoms with Gasteiger partial charge in [-0.2, -0.15) is 0 Å². The number of aryl methyl sites for hydroxylation is 1. The quantitative estimate of drug-likeness (QED) is 0.597. The molecule has 0 fully saturated rings. The Hall–Kier alpha value is -3.15. The summed E-state index contributed by atoms with van der Waals surface area (Å²) in [4.78, 5) is 18.5. The van der Waals surface area contributed by atoms with Crippen molar-refractivity contribution in [3.8, 4) is 17.1 Å². The summed E-state index contributed by atoms with van der Waals surface area (Å²) in [6, 6.07) is 13.5. The maximum absolute atomic E-state index is 13.0. The van der Waals surface area contributed by atoms with Crippen LogP contribution in [0.2, 0.25) is 0 Å². The van der Waals surface area contributed by atoms with Crippen molar-refractivity contribution in [2.45, 2.75) is 25.8 Å². The van der Waals surface area contributed by atoms with Crippen LogP contribution in [0.5, 0.6) is 5.75 Å². The highest BCUT2D eigenvalue weighted by Crippen LogP contribution is 2.28. The number of halogens is 1. The van der Waals surface area contributed by atoms with Gasteiger partial charge in [0.25, 0.3) is 0 Å². The van der Waals surface area contributed by atoms with Gasteiger partial charge in [0.05, 0.1) is 19.3 Å². The number of rotatable bonds is 7. The third-order valence-electron chi connectivity index (χ3n) is 4.80. The fraction of sp³-hybridized carbons (Fsp3) is 0.273. The molecule has 3 rings (SSSR count). The van der Waals surface area contributed by atoms with Crippen LogP contribution in [0.15, 0.2) is 59.1 Å². The average molecular weight is 382 g/mol. The molecule has 0 saturated heterocycles. The molecule has 1 amide bonds. The maximum Gasteiger partial charge on any atom is 0.223 e. The first-order chi connectivity index (χ1) is 13.5. The van der Waals surface area contributed by atoms with Crippen molar-refractivity contribution in [2.24, 2.45) is 0 Å². The first-order valence-electron chi connectivity index (χ1n) is 9.09. The van der Waals surface area contributed by atoms with Gasteiger partial charge in [-0.3, -0.25) is 4.79 Å². The molecule has 0 radical (unpaired) electrons. The minimum Gasteiger partial charge on any atom is -0.496 e. The summed E-state index contributed by atoms with van der Waals surface area (Å²) in [7, 11) is 3.40. The van der Waals surface area contributed by atoms with Gasteiger partial charge in [0.2, 0.25) is 5.91 Å². The SMILES string of the molecule is COc1ccccc1[C@H](C)N(C)C(=O)CCc1ncc(-c2ccc(F)cc2)o1. The second-order valence-corrected chi connectivity index (χ2v) is 6.55. The number of benzene rings is 2. The van der Waals surface area contributed by atoms with Gasteiger partial charge in [-0.15, -0.1) is 0 Å². The predicted octanol–water partition coefficient (Wildman–Crippen LogP) is 4.64. The van der Waals surface area contributed by atoms with Crippen LogP contribution >= 0.6 is 0 Å². The number of carbonyl (C=O) groups excluding carboxylic acids is 1. The smallest absolute Gasteiger partial charge is 0.223 e. The molecule has 0 N–H and O–H groups in total. The van der Waals surface area contributed by atoms with E-state index in [2.05, 4.69) is 4.98 Å². The van der Waals surface area contributed by atoms with E-state index in [4.69, 9.17) is 9.15 Å². The van der Waals surface area contributed by atoms with E-state index in [9.17, 15) is 9.18 Å².